The Bertz CT molecular complexity index is 692. The molecule has 2 N–H and O–H groups in total. The van der Waals surface area contributed by atoms with Crippen molar-refractivity contribution in [2.75, 3.05) is 11.9 Å². The zero-order valence-electron chi connectivity index (χ0n) is 15.1. The topological polar surface area (TPSA) is 71.8 Å². The molecular formula is C18H27N5O. The molecule has 0 spiro atoms. The van der Waals surface area contributed by atoms with Crippen molar-refractivity contribution in [3.63, 3.8) is 0 Å². The third kappa shape index (κ3) is 4.34. The highest BCUT2D eigenvalue weighted by atomic mass is 16.1. The van der Waals surface area contributed by atoms with Crippen LogP contribution >= 0.6 is 0 Å². The van der Waals surface area contributed by atoms with Crippen LogP contribution in [0.25, 0.3) is 0 Å². The average molecular weight is 329 g/mol. The molecule has 0 saturated carbocycles. The second-order valence-electron chi connectivity index (χ2n) is 6.52. The Morgan fingerprint density at radius 3 is 2.67 bits per heavy atom. The molecule has 1 amide bonds. The summed E-state index contributed by atoms with van der Waals surface area (Å²) in [5.41, 5.74) is 2.69. The normalized spacial score (nSPS) is 12.2. The Hall–Kier alpha value is -2.37. The number of nitrogens with zero attached hydrogens (tertiary/aromatic N) is 3. The number of benzene rings is 1. The third-order valence-corrected chi connectivity index (χ3v) is 4.40. The van der Waals surface area contributed by atoms with Gasteiger partial charge in [0.1, 0.15) is 12.2 Å². The lowest BCUT2D eigenvalue weighted by atomic mass is 10.0. The van der Waals surface area contributed by atoms with E-state index >= 15 is 0 Å². The van der Waals surface area contributed by atoms with Crippen molar-refractivity contribution in [2.24, 2.45) is 13.0 Å². The van der Waals surface area contributed by atoms with Gasteiger partial charge in [0.25, 0.3) is 5.91 Å². The SMILES string of the molecule is Cc1c(N[C@@H](C)C(C)C)cccc1C(=O)NCCc1nncn1C. The van der Waals surface area contributed by atoms with Crippen LogP contribution in [-0.4, -0.2) is 33.3 Å². The lowest BCUT2D eigenvalue weighted by Gasteiger charge is -2.21. The van der Waals surface area contributed by atoms with Crippen molar-refractivity contribution < 1.29 is 4.79 Å². The Balaban J connectivity index is 2.00. The lowest BCUT2D eigenvalue weighted by molar-refractivity contribution is 0.0953. The molecule has 0 aliphatic heterocycles. The Kier molecular flexibility index (Phi) is 5.95. The highest BCUT2D eigenvalue weighted by molar-refractivity contribution is 5.97. The van der Waals surface area contributed by atoms with Gasteiger partial charge >= 0.3 is 0 Å². The first-order chi connectivity index (χ1) is 11.4. The maximum absolute atomic E-state index is 12.5. The molecule has 6 nitrogen and oxygen atoms in total. The summed E-state index contributed by atoms with van der Waals surface area (Å²) >= 11 is 0. The van der Waals surface area contributed by atoms with E-state index in [2.05, 4.69) is 41.6 Å². The first-order valence-electron chi connectivity index (χ1n) is 8.37. The van der Waals surface area contributed by atoms with Gasteiger partial charge in [-0.05, 0) is 37.5 Å². The minimum Gasteiger partial charge on any atom is -0.382 e. The van der Waals surface area contributed by atoms with Gasteiger partial charge in [-0.2, -0.15) is 0 Å². The molecule has 1 aromatic heterocycles. The van der Waals surface area contributed by atoms with E-state index in [4.69, 9.17) is 0 Å². The number of nitrogens with one attached hydrogen (secondary N) is 2. The van der Waals surface area contributed by atoms with E-state index in [0.29, 0.717) is 30.5 Å². The third-order valence-electron chi connectivity index (χ3n) is 4.40. The van der Waals surface area contributed by atoms with Crippen molar-refractivity contribution in [2.45, 2.75) is 40.2 Å². The molecule has 1 atom stereocenters. The van der Waals surface area contributed by atoms with Crippen molar-refractivity contribution in [3.8, 4) is 0 Å². The fraction of sp³-hybridized carbons (Fsp3) is 0.500. The van der Waals surface area contributed by atoms with Crippen LogP contribution in [0.1, 0.15) is 42.5 Å². The number of anilines is 1. The average Bonchev–Trinajstić information content (AvgIpc) is 2.94. The molecule has 130 valence electrons. The number of rotatable bonds is 7. The van der Waals surface area contributed by atoms with E-state index in [1.165, 1.54) is 0 Å². The van der Waals surface area contributed by atoms with Gasteiger partial charge in [-0.15, -0.1) is 10.2 Å². The minimum atomic E-state index is -0.0597. The molecular weight excluding hydrogens is 302 g/mol. The van der Waals surface area contributed by atoms with E-state index in [1.807, 2.05) is 36.7 Å². The van der Waals surface area contributed by atoms with Gasteiger partial charge < -0.3 is 15.2 Å². The van der Waals surface area contributed by atoms with Crippen LogP contribution in [0.3, 0.4) is 0 Å². The Labute approximate surface area is 143 Å². The van der Waals surface area contributed by atoms with Crippen molar-refractivity contribution >= 4 is 11.6 Å². The largest absolute Gasteiger partial charge is 0.382 e. The van der Waals surface area contributed by atoms with Gasteiger partial charge in [0.15, 0.2) is 0 Å². The van der Waals surface area contributed by atoms with E-state index in [9.17, 15) is 4.79 Å². The van der Waals surface area contributed by atoms with Crippen molar-refractivity contribution in [1.82, 2.24) is 20.1 Å². The van der Waals surface area contributed by atoms with Gasteiger partial charge in [0.2, 0.25) is 0 Å². The second-order valence-corrected chi connectivity index (χ2v) is 6.52. The summed E-state index contributed by atoms with van der Waals surface area (Å²) in [6.45, 7) is 9.02. The Morgan fingerprint density at radius 1 is 1.29 bits per heavy atom. The fourth-order valence-corrected chi connectivity index (χ4v) is 2.37. The number of carbonyl (C=O) groups excluding carboxylic acids is 1. The van der Waals surface area contributed by atoms with Crippen LogP contribution in [0.5, 0.6) is 0 Å². The van der Waals surface area contributed by atoms with Crippen LogP contribution in [0.15, 0.2) is 24.5 Å². The van der Waals surface area contributed by atoms with Crippen LogP contribution in [0.4, 0.5) is 5.69 Å². The number of aromatic nitrogens is 3. The molecule has 1 heterocycles. The summed E-state index contributed by atoms with van der Waals surface area (Å²) in [5, 5.41) is 14.3. The summed E-state index contributed by atoms with van der Waals surface area (Å²) in [4.78, 5) is 12.5. The van der Waals surface area contributed by atoms with Crippen molar-refractivity contribution in [3.05, 3.63) is 41.5 Å². The predicted octanol–water partition coefficient (Wildman–Crippen LogP) is 2.55. The van der Waals surface area contributed by atoms with Gasteiger partial charge in [0, 0.05) is 37.3 Å². The quantitative estimate of drug-likeness (QED) is 0.819. The maximum Gasteiger partial charge on any atom is 0.251 e. The van der Waals surface area contributed by atoms with Gasteiger partial charge in [-0.25, -0.2) is 0 Å². The molecule has 6 heteroatoms. The van der Waals surface area contributed by atoms with Gasteiger partial charge in [-0.1, -0.05) is 19.9 Å². The van der Waals surface area contributed by atoms with Gasteiger partial charge in [-0.3, -0.25) is 4.79 Å². The molecule has 0 aliphatic carbocycles. The summed E-state index contributed by atoms with van der Waals surface area (Å²) in [6, 6.07) is 6.14. The van der Waals surface area contributed by atoms with E-state index in [0.717, 1.165) is 17.1 Å². The van der Waals surface area contributed by atoms with Gasteiger partial charge in [0.05, 0.1) is 0 Å². The minimum absolute atomic E-state index is 0.0597. The molecule has 0 saturated heterocycles. The molecule has 0 fully saturated rings. The van der Waals surface area contributed by atoms with Crippen molar-refractivity contribution in [1.29, 1.82) is 0 Å². The summed E-state index contributed by atoms with van der Waals surface area (Å²) in [7, 11) is 1.90. The molecule has 1 aromatic carbocycles. The summed E-state index contributed by atoms with van der Waals surface area (Å²) in [6.07, 6.45) is 2.32. The molecule has 2 aromatic rings. The van der Waals surface area contributed by atoms with E-state index in [-0.39, 0.29) is 5.91 Å². The van der Waals surface area contributed by atoms with E-state index < -0.39 is 0 Å². The number of carbonyl (C=O) groups is 1. The zero-order chi connectivity index (χ0) is 17.7. The number of aryl methyl sites for hydroxylation is 1. The molecule has 2 rings (SSSR count). The van der Waals surface area contributed by atoms with Crippen LogP contribution in [0.2, 0.25) is 0 Å². The first-order valence-corrected chi connectivity index (χ1v) is 8.37. The molecule has 0 radical (unpaired) electrons. The summed E-state index contributed by atoms with van der Waals surface area (Å²) < 4.78 is 1.86. The monoisotopic (exact) mass is 329 g/mol. The maximum atomic E-state index is 12.5. The van der Waals surface area contributed by atoms with Crippen LogP contribution in [-0.2, 0) is 13.5 Å². The zero-order valence-corrected chi connectivity index (χ0v) is 15.1. The number of hydrogen-bond donors (Lipinski definition) is 2. The highest BCUT2D eigenvalue weighted by Crippen LogP contribution is 2.21. The van der Waals surface area contributed by atoms with Crippen LogP contribution < -0.4 is 10.6 Å². The number of amides is 1. The lowest BCUT2D eigenvalue weighted by Crippen LogP contribution is -2.28. The highest BCUT2D eigenvalue weighted by Gasteiger charge is 2.14. The fourth-order valence-electron chi connectivity index (χ4n) is 2.37. The second kappa shape index (κ2) is 7.95. The van der Waals surface area contributed by atoms with E-state index in [1.54, 1.807) is 6.33 Å². The standard InChI is InChI=1S/C18H27N5O/c1-12(2)14(4)21-16-8-6-7-15(13(16)3)18(24)19-10-9-17-22-20-11-23(17)5/h6-8,11-12,14,21H,9-10H2,1-5H3,(H,19,24)/t14-/m0/s1. The van der Waals surface area contributed by atoms with Crippen LogP contribution in [0, 0.1) is 12.8 Å². The predicted molar refractivity (Wildman–Crippen MR) is 96.1 cm³/mol. The molecule has 0 aliphatic rings. The summed E-state index contributed by atoms with van der Waals surface area (Å²) in [5.74, 6) is 1.32. The molecule has 0 unspecified atom stereocenters. The smallest absolute Gasteiger partial charge is 0.251 e. The molecule has 0 bridgehead atoms. The first kappa shape index (κ1) is 18.0. The number of hydrogen-bond acceptors (Lipinski definition) is 4. The Morgan fingerprint density at radius 2 is 2.04 bits per heavy atom. The molecule has 24 heavy (non-hydrogen) atoms.